The third kappa shape index (κ3) is 5.64. The molecule has 1 aliphatic carbocycles. The van der Waals surface area contributed by atoms with Gasteiger partial charge in [-0.2, -0.15) is 0 Å². The van der Waals surface area contributed by atoms with Crippen LogP contribution < -0.4 is 9.64 Å². The average molecular weight is 448 g/mol. The lowest BCUT2D eigenvalue weighted by Gasteiger charge is -2.32. The first-order valence-electron chi connectivity index (χ1n) is 10.7. The lowest BCUT2D eigenvalue weighted by Crippen LogP contribution is -2.35. The molecule has 166 valence electrons. The number of esters is 1. The van der Waals surface area contributed by atoms with Crippen molar-refractivity contribution in [3.8, 4) is 5.75 Å². The van der Waals surface area contributed by atoms with Gasteiger partial charge in [0.25, 0.3) is 0 Å². The Balaban J connectivity index is 1.17. The number of hydrogen-bond donors (Lipinski definition) is 0. The highest BCUT2D eigenvalue weighted by atomic mass is 35.5. The third-order valence-electron chi connectivity index (χ3n) is 6.36. The van der Waals surface area contributed by atoms with Crippen LogP contribution in [0.4, 0.5) is 10.3 Å². The molecular weight excluding hydrogens is 421 g/mol. The molecule has 31 heavy (non-hydrogen) atoms. The van der Waals surface area contributed by atoms with Crippen LogP contribution in [0.2, 0.25) is 5.02 Å². The lowest BCUT2D eigenvalue weighted by atomic mass is 9.90. The standard InChI is InChI=1S/C23H27ClFN3O3/c1-30-22(29)11-17-2-3-19(12-21(17)25)31-9-6-16-10-20(16)15-4-7-28(8-5-15)23-26-13-18(24)14-27-23/h2-3,12-16,20H,4-11H2,1H3. The van der Waals surface area contributed by atoms with E-state index in [1.54, 1.807) is 24.5 Å². The Labute approximate surface area is 186 Å². The average Bonchev–Trinajstić information content (AvgIpc) is 3.56. The van der Waals surface area contributed by atoms with Crippen LogP contribution in [0.15, 0.2) is 30.6 Å². The predicted molar refractivity (Wildman–Crippen MR) is 116 cm³/mol. The van der Waals surface area contributed by atoms with Crippen molar-refractivity contribution in [2.75, 3.05) is 31.7 Å². The summed E-state index contributed by atoms with van der Waals surface area (Å²) in [7, 11) is 1.29. The zero-order valence-corrected chi connectivity index (χ0v) is 18.4. The summed E-state index contributed by atoms with van der Waals surface area (Å²) in [6.07, 6.45) is 7.75. The summed E-state index contributed by atoms with van der Waals surface area (Å²) in [5.41, 5.74) is 0.316. The summed E-state index contributed by atoms with van der Waals surface area (Å²) in [6.45, 7) is 2.53. The molecule has 4 rings (SSSR count). The quantitative estimate of drug-likeness (QED) is 0.562. The highest BCUT2D eigenvalue weighted by Crippen LogP contribution is 2.49. The van der Waals surface area contributed by atoms with Crippen LogP contribution in [0.25, 0.3) is 0 Å². The summed E-state index contributed by atoms with van der Waals surface area (Å²) < 4.78 is 24.4. The summed E-state index contributed by atoms with van der Waals surface area (Å²) in [5.74, 6) is 2.54. The number of methoxy groups -OCH3 is 1. The van der Waals surface area contributed by atoms with E-state index in [9.17, 15) is 9.18 Å². The number of halogens is 2. The molecule has 0 amide bonds. The van der Waals surface area contributed by atoms with E-state index in [2.05, 4.69) is 19.6 Å². The SMILES string of the molecule is COC(=O)Cc1ccc(OCCC2CC2C2CCN(c3ncc(Cl)cn3)CC2)cc1F. The molecule has 2 aliphatic rings. The highest BCUT2D eigenvalue weighted by molar-refractivity contribution is 6.30. The number of aromatic nitrogens is 2. The van der Waals surface area contributed by atoms with Gasteiger partial charge in [-0.3, -0.25) is 4.79 Å². The van der Waals surface area contributed by atoms with Gasteiger partial charge in [0, 0.05) is 19.2 Å². The second kappa shape index (κ2) is 9.81. The van der Waals surface area contributed by atoms with Gasteiger partial charge in [-0.05, 0) is 55.1 Å². The second-order valence-electron chi connectivity index (χ2n) is 8.33. The van der Waals surface area contributed by atoms with Crippen molar-refractivity contribution in [3.63, 3.8) is 0 Å². The van der Waals surface area contributed by atoms with E-state index in [-0.39, 0.29) is 6.42 Å². The molecule has 0 radical (unpaired) electrons. The van der Waals surface area contributed by atoms with E-state index in [4.69, 9.17) is 16.3 Å². The Kier molecular flexibility index (Phi) is 6.90. The van der Waals surface area contributed by atoms with Gasteiger partial charge in [-0.1, -0.05) is 17.7 Å². The van der Waals surface area contributed by atoms with Crippen molar-refractivity contribution < 1.29 is 18.7 Å². The van der Waals surface area contributed by atoms with Crippen LogP contribution in [0.1, 0.15) is 31.2 Å². The van der Waals surface area contributed by atoms with Crippen molar-refractivity contribution in [2.24, 2.45) is 17.8 Å². The summed E-state index contributed by atoms with van der Waals surface area (Å²) in [5, 5.41) is 0.557. The van der Waals surface area contributed by atoms with Crippen molar-refractivity contribution in [3.05, 3.63) is 47.0 Å². The van der Waals surface area contributed by atoms with Gasteiger partial charge in [0.15, 0.2) is 0 Å². The minimum Gasteiger partial charge on any atom is -0.493 e. The maximum atomic E-state index is 14.1. The van der Waals surface area contributed by atoms with E-state index >= 15 is 0 Å². The molecule has 2 aromatic rings. The number of hydrogen-bond acceptors (Lipinski definition) is 6. The smallest absolute Gasteiger partial charge is 0.310 e. The first-order valence-corrected chi connectivity index (χ1v) is 11.1. The Hall–Kier alpha value is -2.41. The van der Waals surface area contributed by atoms with Gasteiger partial charge < -0.3 is 14.4 Å². The molecule has 1 saturated heterocycles. The van der Waals surface area contributed by atoms with Gasteiger partial charge in [0.2, 0.25) is 5.95 Å². The molecule has 6 nitrogen and oxygen atoms in total. The Morgan fingerprint density at radius 1 is 1.26 bits per heavy atom. The molecule has 1 saturated carbocycles. The van der Waals surface area contributed by atoms with Crippen molar-refractivity contribution >= 4 is 23.5 Å². The number of carbonyl (C=O) groups is 1. The molecule has 0 spiro atoms. The Morgan fingerprint density at radius 3 is 2.68 bits per heavy atom. The zero-order chi connectivity index (χ0) is 21.8. The molecule has 1 aromatic carbocycles. The molecule has 2 fully saturated rings. The van der Waals surface area contributed by atoms with E-state index in [0.717, 1.165) is 50.1 Å². The number of piperidine rings is 1. The first kappa shape index (κ1) is 21.8. The fraction of sp³-hybridized carbons (Fsp3) is 0.522. The maximum absolute atomic E-state index is 14.1. The van der Waals surface area contributed by atoms with Crippen molar-refractivity contribution in [1.29, 1.82) is 0 Å². The molecule has 0 N–H and O–H groups in total. The van der Waals surface area contributed by atoms with Crippen LogP contribution in [0.3, 0.4) is 0 Å². The number of rotatable bonds is 8. The van der Waals surface area contributed by atoms with Crippen LogP contribution in [0.5, 0.6) is 5.75 Å². The second-order valence-corrected chi connectivity index (χ2v) is 8.77. The number of anilines is 1. The van der Waals surface area contributed by atoms with Gasteiger partial charge >= 0.3 is 5.97 Å². The monoisotopic (exact) mass is 447 g/mol. The number of nitrogens with zero attached hydrogens (tertiary/aromatic N) is 3. The van der Waals surface area contributed by atoms with E-state index in [1.807, 2.05) is 0 Å². The predicted octanol–water partition coefficient (Wildman–Crippen LogP) is 4.31. The number of ether oxygens (including phenoxy) is 2. The molecule has 0 bridgehead atoms. The zero-order valence-electron chi connectivity index (χ0n) is 17.6. The highest BCUT2D eigenvalue weighted by Gasteiger charge is 2.43. The molecule has 2 atom stereocenters. The maximum Gasteiger partial charge on any atom is 0.310 e. The minimum absolute atomic E-state index is 0.0741. The van der Waals surface area contributed by atoms with Gasteiger partial charge in [0.05, 0.1) is 37.6 Å². The molecule has 8 heteroatoms. The first-order chi connectivity index (χ1) is 15.0. The van der Waals surface area contributed by atoms with Gasteiger partial charge in [-0.25, -0.2) is 14.4 Å². The molecular formula is C23H27ClFN3O3. The van der Waals surface area contributed by atoms with E-state index in [0.29, 0.717) is 28.9 Å². The van der Waals surface area contributed by atoms with Crippen LogP contribution in [-0.4, -0.2) is 42.7 Å². The van der Waals surface area contributed by atoms with E-state index in [1.165, 1.54) is 19.6 Å². The largest absolute Gasteiger partial charge is 0.493 e. The third-order valence-corrected chi connectivity index (χ3v) is 6.55. The molecule has 1 aromatic heterocycles. The van der Waals surface area contributed by atoms with Gasteiger partial charge in [-0.15, -0.1) is 0 Å². The number of benzene rings is 1. The minimum atomic E-state index is -0.459. The van der Waals surface area contributed by atoms with Crippen molar-refractivity contribution in [2.45, 2.75) is 32.1 Å². The summed E-state index contributed by atoms with van der Waals surface area (Å²) >= 11 is 5.87. The van der Waals surface area contributed by atoms with Crippen molar-refractivity contribution in [1.82, 2.24) is 9.97 Å². The van der Waals surface area contributed by atoms with Crippen LogP contribution >= 0.6 is 11.6 Å². The molecule has 2 unspecified atom stereocenters. The summed E-state index contributed by atoms with van der Waals surface area (Å²) in [4.78, 5) is 22.2. The fourth-order valence-corrected chi connectivity index (χ4v) is 4.59. The molecule has 2 heterocycles. The topological polar surface area (TPSA) is 64.6 Å². The fourth-order valence-electron chi connectivity index (χ4n) is 4.49. The Morgan fingerprint density at radius 2 is 2.00 bits per heavy atom. The summed E-state index contributed by atoms with van der Waals surface area (Å²) in [6, 6.07) is 4.64. The van der Waals surface area contributed by atoms with Crippen LogP contribution in [0, 0.1) is 23.6 Å². The Bertz CT molecular complexity index is 903. The lowest BCUT2D eigenvalue weighted by molar-refractivity contribution is -0.139. The van der Waals surface area contributed by atoms with Crippen LogP contribution in [-0.2, 0) is 16.0 Å². The molecule has 1 aliphatic heterocycles. The van der Waals surface area contributed by atoms with E-state index < -0.39 is 11.8 Å². The van der Waals surface area contributed by atoms with Gasteiger partial charge in [0.1, 0.15) is 11.6 Å². The number of carbonyl (C=O) groups excluding carboxylic acids is 1. The normalized spacial score (nSPS) is 21.1.